The predicted molar refractivity (Wildman–Crippen MR) is 302 cm³/mol. The van der Waals surface area contributed by atoms with Gasteiger partial charge in [-0.1, -0.05) is 213 Å². The van der Waals surface area contributed by atoms with Gasteiger partial charge in [-0.25, -0.2) is 4.79 Å². The van der Waals surface area contributed by atoms with Crippen molar-refractivity contribution in [1.82, 2.24) is 0 Å². The number of fused-ring (bicyclic) bond motifs is 7. The van der Waals surface area contributed by atoms with Crippen LogP contribution in [0.15, 0.2) is 189 Å². The standard InChI is InChI=1S/C19H17BrO.C19H15Br.C18H13BrO2.C4H8O.CH3.BrH.Mg/c1-19(2,21)17-10-6-5-8-15(17)14-11-12-18(20)16-9-4-3-7-13(14)16;1-19(2)15-10-6-5-9-14(15)18-13-8-4-3-7-12(13)17(20)11-16(18)19;1-21-18(20)16-9-5-3-7-13(16)14-10-11-17(19)15-8-4-2-6-12(14)15;1-2-4-5-3-1;;;/h3-12,21H,1-2H3;3-11H,1-2H3;2-11H,1H3;1-4H2;1H3;1H;/q;;;;-1;;+2/p-1. The minimum atomic E-state index is -0.870. The molecule has 0 saturated carbocycles. The van der Waals surface area contributed by atoms with E-state index in [9.17, 15) is 9.90 Å². The molecular weight excluding hydrogens is 1140 g/mol. The number of methoxy groups -OCH3 is 1. The number of carbonyl (C=O) groups is 1. The second-order valence-corrected chi connectivity index (χ2v) is 20.3. The molecule has 1 fully saturated rings. The number of benzene rings is 9. The van der Waals surface area contributed by atoms with E-state index in [2.05, 4.69) is 159 Å². The van der Waals surface area contributed by atoms with Crippen LogP contribution in [0.25, 0.3) is 65.7 Å². The van der Waals surface area contributed by atoms with Gasteiger partial charge < -0.3 is 39.0 Å². The molecule has 2 aliphatic rings. The van der Waals surface area contributed by atoms with Crippen LogP contribution in [-0.2, 0) is 20.5 Å². The van der Waals surface area contributed by atoms with Gasteiger partial charge in [-0.2, -0.15) is 0 Å². The number of hydrogen-bond acceptors (Lipinski definition) is 4. The van der Waals surface area contributed by atoms with E-state index < -0.39 is 5.60 Å². The molecule has 9 aromatic carbocycles. The summed E-state index contributed by atoms with van der Waals surface area (Å²) in [7, 11) is 1.40. The van der Waals surface area contributed by atoms with Crippen molar-refractivity contribution in [3.63, 3.8) is 0 Å². The third-order valence-electron chi connectivity index (χ3n) is 12.6. The first-order valence-corrected chi connectivity index (χ1v) is 24.9. The number of esters is 1. The van der Waals surface area contributed by atoms with E-state index in [4.69, 9.17) is 9.47 Å². The first-order valence-electron chi connectivity index (χ1n) is 22.5. The molecule has 0 amide bonds. The Hall–Kier alpha value is -4.16. The fraction of sp³-hybridized carbons (Fsp3) is 0.180. The van der Waals surface area contributed by atoms with Crippen LogP contribution in [0.5, 0.6) is 0 Å². The van der Waals surface area contributed by atoms with Gasteiger partial charge in [0.2, 0.25) is 0 Å². The third kappa shape index (κ3) is 12.0. The van der Waals surface area contributed by atoms with Crippen LogP contribution < -0.4 is 17.0 Å². The van der Waals surface area contributed by atoms with Gasteiger partial charge in [-0.3, -0.25) is 0 Å². The fourth-order valence-corrected chi connectivity index (χ4v) is 10.8. The molecule has 1 heterocycles. The fourth-order valence-electron chi connectivity index (χ4n) is 9.27. The summed E-state index contributed by atoms with van der Waals surface area (Å²) < 4.78 is 13.1. The van der Waals surface area contributed by atoms with Gasteiger partial charge in [0, 0.05) is 32.0 Å². The van der Waals surface area contributed by atoms with Crippen molar-refractivity contribution in [2.75, 3.05) is 20.3 Å². The first kappa shape index (κ1) is 56.7. The molecule has 0 spiro atoms. The maximum atomic E-state index is 12.0. The van der Waals surface area contributed by atoms with Crippen molar-refractivity contribution in [2.24, 2.45) is 0 Å². The Labute approximate surface area is 465 Å². The molecular formula is C61H56Br4MgO4. The number of carbonyl (C=O) groups excluding carboxylic acids is 1. The van der Waals surface area contributed by atoms with E-state index in [-0.39, 0.29) is 58.8 Å². The van der Waals surface area contributed by atoms with E-state index in [0.717, 1.165) is 60.7 Å². The summed E-state index contributed by atoms with van der Waals surface area (Å²) in [6, 6.07) is 60.0. The van der Waals surface area contributed by atoms with Crippen LogP contribution in [0.2, 0.25) is 0 Å². The first-order chi connectivity index (χ1) is 32.3. The maximum Gasteiger partial charge on any atom is 2.00 e. The Bertz CT molecular complexity index is 3240. The van der Waals surface area contributed by atoms with E-state index in [1.807, 2.05) is 86.6 Å². The number of ether oxygens (including phenoxy) is 2. The molecule has 9 aromatic rings. The summed E-state index contributed by atoms with van der Waals surface area (Å²) in [6.07, 6.45) is 2.56. The summed E-state index contributed by atoms with van der Waals surface area (Å²) in [5.41, 5.74) is 10.5. The van der Waals surface area contributed by atoms with Crippen molar-refractivity contribution in [1.29, 1.82) is 0 Å². The van der Waals surface area contributed by atoms with Gasteiger partial charge in [0.25, 0.3) is 0 Å². The molecule has 1 N–H and O–H groups in total. The predicted octanol–water partition coefficient (Wildman–Crippen LogP) is 14.3. The van der Waals surface area contributed by atoms with Crippen molar-refractivity contribution in [2.45, 2.75) is 51.6 Å². The molecule has 1 saturated heterocycles. The van der Waals surface area contributed by atoms with Crippen LogP contribution in [0.1, 0.15) is 67.6 Å². The molecule has 4 nitrogen and oxygen atoms in total. The van der Waals surface area contributed by atoms with Crippen molar-refractivity contribution >= 4 is 109 Å². The molecule has 0 bridgehead atoms. The minimum absolute atomic E-state index is 0. The summed E-state index contributed by atoms with van der Waals surface area (Å²) in [5, 5.41) is 17.7. The van der Waals surface area contributed by atoms with Crippen LogP contribution in [-0.4, -0.2) is 54.5 Å². The summed E-state index contributed by atoms with van der Waals surface area (Å²) >= 11 is 10.9. The Balaban J connectivity index is 0.000000182. The number of halogens is 4. The van der Waals surface area contributed by atoms with Crippen LogP contribution in [0.4, 0.5) is 0 Å². The molecule has 0 radical (unpaired) electrons. The number of hydrogen-bond donors (Lipinski definition) is 1. The Kier molecular flexibility index (Phi) is 20.3. The quantitative estimate of drug-likeness (QED) is 0.108. The topological polar surface area (TPSA) is 55.8 Å². The Morgan fingerprint density at radius 2 is 0.971 bits per heavy atom. The normalized spacial score (nSPS) is 12.8. The zero-order valence-electron chi connectivity index (χ0n) is 40.5. The summed E-state index contributed by atoms with van der Waals surface area (Å²) in [4.78, 5) is 12.0. The Morgan fingerprint density at radius 3 is 1.49 bits per heavy atom. The van der Waals surface area contributed by atoms with Gasteiger partial charge in [-0.05, 0) is 133 Å². The van der Waals surface area contributed by atoms with Crippen LogP contribution in [0, 0.1) is 7.43 Å². The SMILES string of the molecule is C1CCOC1.CC(C)(O)c1ccccc1-c1ccc(Br)c2ccccc12.CC1(C)c2ccccc2-c2c1cc(Br)c1ccccc21.COC(=O)c1ccccc1-c1ccc(Br)c2ccccc12.[Br-].[CH3-].[Mg+2]. The van der Waals surface area contributed by atoms with Gasteiger partial charge in [0.15, 0.2) is 0 Å². The molecule has 0 unspecified atom stereocenters. The monoisotopic (exact) mass is 1190 g/mol. The third-order valence-corrected chi connectivity index (χ3v) is 14.6. The molecule has 11 rings (SSSR count). The molecule has 354 valence electrons. The maximum absolute atomic E-state index is 12.0. The van der Waals surface area contributed by atoms with E-state index >= 15 is 0 Å². The summed E-state index contributed by atoms with van der Waals surface area (Å²) in [5.74, 6) is -0.322. The minimum Gasteiger partial charge on any atom is -1.00 e. The smallest absolute Gasteiger partial charge is 1.00 e. The second-order valence-electron chi connectivity index (χ2n) is 17.7. The van der Waals surface area contributed by atoms with Gasteiger partial charge in [-0.15, -0.1) is 0 Å². The van der Waals surface area contributed by atoms with E-state index in [0.29, 0.717) is 5.56 Å². The number of rotatable bonds is 4. The van der Waals surface area contributed by atoms with Crippen LogP contribution in [0.3, 0.4) is 0 Å². The van der Waals surface area contributed by atoms with Crippen molar-refractivity contribution < 1.29 is 36.4 Å². The average molecular weight is 1200 g/mol. The van der Waals surface area contributed by atoms with E-state index in [1.54, 1.807) is 6.07 Å². The van der Waals surface area contributed by atoms with Gasteiger partial charge in [0.1, 0.15) is 0 Å². The zero-order valence-corrected chi connectivity index (χ0v) is 48.2. The largest absolute Gasteiger partial charge is 2.00 e. The van der Waals surface area contributed by atoms with E-state index in [1.165, 1.54) is 68.2 Å². The molecule has 0 atom stereocenters. The zero-order chi connectivity index (χ0) is 47.3. The van der Waals surface area contributed by atoms with Crippen molar-refractivity contribution in [3.8, 4) is 33.4 Å². The van der Waals surface area contributed by atoms with Gasteiger partial charge in [0.05, 0.1) is 18.3 Å². The van der Waals surface area contributed by atoms with Gasteiger partial charge >= 0.3 is 29.0 Å². The summed E-state index contributed by atoms with van der Waals surface area (Å²) in [6.45, 7) is 10.3. The molecule has 70 heavy (non-hydrogen) atoms. The molecule has 1 aliphatic carbocycles. The molecule has 0 aromatic heterocycles. The Morgan fingerprint density at radius 1 is 0.543 bits per heavy atom. The van der Waals surface area contributed by atoms with Crippen molar-refractivity contribution in [3.05, 3.63) is 219 Å². The average Bonchev–Trinajstić information content (AvgIpc) is 4.02. The second kappa shape index (κ2) is 25.0. The molecule has 9 heteroatoms. The molecule has 1 aliphatic heterocycles. The number of aliphatic hydroxyl groups is 1. The van der Waals surface area contributed by atoms with Crippen LogP contribution >= 0.6 is 47.8 Å².